The molecule has 0 aliphatic rings. The molecule has 1 N–H and O–H groups in total. The number of thiophene rings is 1. The van der Waals surface area contributed by atoms with Crippen LogP contribution in [0, 0.1) is 5.82 Å². The third kappa shape index (κ3) is 3.12. The summed E-state index contributed by atoms with van der Waals surface area (Å²) in [6.07, 6.45) is 0.716. The summed E-state index contributed by atoms with van der Waals surface area (Å²) in [6.45, 7) is 0. The first-order valence-corrected chi connectivity index (χ1v) is 7.46. The lowest BCUT2D eigenvalue weighted by Crippen LogP contribution is -2.20. The molecule has 0 amide bonds. The summed E-state index contributed by atoms with van der Waals surface area (Å²) < 4.78 is 14.9. The first-order valence-electron chi connectivity index (χ1n) is 5.47. The molecule has 1 nitrogen and oxygen atoms in total. The molecule has 1 aromatic heterocycles. The summed E-state index contributed by atoms with van der Waals surface area (Å²) in [5, 5.41) is 3.59. The van der Waals surface area contributed by atoms with Gasteiger partial charge >= 0.3 is 0 Å². The summed E-state index contributed by atoms with van der Waals surface area (Å²) in [4.78, 5) is 1.18. The van der Waals surface area contributed by atoms with Crippen molar-refractivity contribution < 1.29 is 4.39 Å². The second-order valence-electron chi connectivity index (χ2n) is 3.89. The van der Waals surface area contributed by atoms with E-state index in [0.717, 1.165) is 3.79 Å². The van der Waals surface area contributed by atoms with Crippen molar-refractivity contribution in [3.05, 3.63) is 55.4 Å². The molecule has 0 bridgehead atoms. The van der Waals surface area contributed by atoms with Crippen molar-refractivity contribution in [3.63, 3.8) is 0 Å². The molecule has 0 aliphatic carbocycles. The molecule has 0 aliphatic heterocycles. The normalized spacial score (nSPS) is 12.7. The molecule has 1 heterocycles. The Kier molecular flexibility index (Phi) is 4.78. The molecule has 0 radical (unpaired) electrons. The zero-order valence-electron chi connectivity index (χ0n) is 9.71. The van der Waals surface area contributed by atoms with Crippen LogP contribution in [0.15, 0.2) is 34.1 Å². The van der Waals surface area contributed by atoms with Crippen LogP contribution in [0.3, 0.4) is 0 Å². The zero-order chi connectivity index (χ0) is 13.1. The minimum atomic E-state index is -0.266. The minimum absolute atomic E-state index is 0.121. The maximum atomic E-state index is 13.9. The van der Waals surface area contributed by atoms with Gasteiger partial charge in [0.25, 0.3) is 0 Å². The van der Waals surface area contributed by atoms with Crippen molar-refractivity contribution >= 4 is 38.9 Å². The monoisotopic (exact) mass is 347 g/mol. The molecule has 0 spiro atoms. The zero-order valence-corrected chi connectivity index (χ0v) is 12.9. The van der Waals surface area contributed by atoms with Gasteiger partial charge in [-0.2, -0.15) is 0 Å². The van der Waals surface area contributed by atoms with Crippen molar-refractivity contribution in [3.8, 4) is 0 Å². The lowest BCUT2D eigenvalue weighted by Gasteiger charge is -2.18. The third-order valence-corrected chi connectivity index (χ3v) is 4.71. The molecular formula is C13H12BrClFNS. The van der Waals surface area contributed by atoms with E-state index in [0.29, 0.717) is 17.0 Å². The Morgan fingerprint density at radius 2 is 2.17 bits per heavy atom. The van der Waals surface area contributed by atoms with Crippen molar-refractivity contribution in [2.75, 3.05) is 7.05 Å². The average Bonchev–Trinajstić information content (AvgIpc) is 2.73. The molecule has 1 aromatic carbocycles. The number of likely N-dealkylation sites (N-methyl/N-ethyl adjacent to an activating group) is 1. The lowest BCUT2D eigenvalue weighted by molar-refractivity contribution is 0.536. The van der Waals surface area contributed by atoms with E-state index in [1.165, 1.54) is 10.9 Å². The summed E-state index contributed by atoms with van der Waals surface area (Å²) in [7, 11) is 1.82. The molecule has 2 rings (SSSR count). The molecule has 0 fully saturated rings. The van der Waals surface area contributed by atoms with Gasteiger partial charge in [-0.25, -0.2) is 4.39 Å². The molecule has 0 saturated heterocycles. The lowest BCUT2D eigenvalue weighted by atomic mass is 10.0. The van der Waals surface area contributed by atoms with E-state index in [-0.39, 0.29) is 11.9 Å². The van der Waals surface area contributed by atoms with E-state index in [1.54, 1.807) is 23.5 Å². The second kappa shape index (κ2) is 6.15. The standard InChI is InChI=1S/C13H12BrClFNS/c1-17-11(7-8-5-6-12(14)18-8)13-9(15)3-2-4-10(13)16/h2-6,11,17H,7H2,1H3. The van der Waals surface area contributed by atoms with Crippen molar-refractivity contribution in [2.45, 2.75) is 12.5 Å². The highest BCUT2D eigenvalue weighted by atomic mass is 79.9. The van der Waals surface area contributed by atoms with Gasteiger partial charge in [0.2, 0.25) is 0 Å². The van der Waals surface area contributed by atoms with E-state index in [9.17, 15) is 4.39 Å². The second-order valence-corrected chi connectivity index (χ2v) is 6.84. The van der Waals surface area contributed by atoms with Crippen LogP contribution in [0.5, 0.6) is 0 Å². The first kappa shape index (κ1) is 14.0. The highest BCUT2D eigenvalue weighted by Gasteiger charge is 2.18. The van der Waals surface area contributed by atoms with Crippen LogP contribution in [0.1, 0.15) is 16.5 Å². The fourth-order valence-corrected chi connectivity index (χ4v) is 3.68. The van der Waals surface area contributed by atoms with Crippen LogP contribution in [0.2, 0.25) is 5.02 Å². The summed E-state index contributed by atoms with van der Waals surface area (Å²) >= 11 is 11.2. The van der Waals surface area contributed by atoms with E-state index in [4.69, 9.17) is 11.6 Å². The Morgan fingerprint density at radius 1 is 1.39 bits per heavy atom. The van der Waals surface area contributed by atoms with Crippen molar-refractivity contribution in [1.82, 2.24) is 5.32 Å². The van der Waals surface area contributed by atoms with Gasteiger partial charge < -0.3 is 5.32 Å². The number of rotatable bonds is 4. The fraction of sp³-hybridized carbons (Fsp3) is 0.231. The largest absolute Gasteiger partial charge is 0.313 e. The molecule has 0 saturated carbocycles. The minimum Gasteiger partial charge on any atom is -0.313 e. The van der Waals surface area contributed by atoms with Crippen LogP contribution in [0.25, 0.3) is 0 Å². The van der Waals surface area contributed by atoms with Gasteiger partial charge in [0, 0.05) is 27.9 Å². The highest BCUT2D eigenvalue weighted by Crippen LogP contribution is 2.31. The van der Waals surface area contributed by atoms with E-state index in [1.807, 2.05) is 19.2 Å². The van der Waals surface area contributed by atoms with Crippen LogP contribution >= 0.6 is 38.9 Å². The predicted molar refractivity (Wildman–Crippen MR) is 78.9 cm³/mol. The number of nitrogens with one attached hydrogen (secondary N) is 1. The van der Waals surface area contributed by atoms with Crippen LogP contribution in [0.4, 0.5) is 4.39 Å². The van der Waals surface area contributed by atoms with Crippen LogP contribution in [-0.2, 0) is 6.42 Å². The Morgan fingerprint density at radius 3 is 2.72 bits per heavy atom. The molecule has 1 unspecified atom stereocenters. The van der Waals surface area contributed by atoms with Crippen LogP contribution in [-0.4, -0.2) is 7.05 Å². The summed E-state index contributed by atoms with van der Waals surface area (Å²) in [6, 6.07) is 8.69. The Hall–Kier alpha value is -0.420. The summed E-state index contributed by atoms with van der Waals surface area (Å²) in [5.74, 6) is -0.266. The first-order chi connectivity index (χ1) is 8.61. The predicted octanol–water partition coefficient (Wildman–Crippen LogP) is 4.81. The topological polar surface area (TPSA) is 12.0 Å². The molecular weight excluding hydrogens is 337 g/mol. The van der Waals surface area contributed by atoms with E-state index in [2.05, 4.69) is 21.2 Å². The van der Waals surface area contributed by atoms with Gasteiger partial charge in [-0.05, 0) is 47.2 Å². The maximum absolute atomic E-state index is 13.9. The maximum Gasteiger partial charge on any atom is 0.129 e. The Labute approximate surface area is 123 Å². The average molecular weight is 349 g/mol. The molecule has 2 aromatic rings. The van der Waals surface area contributed by atoms with Gasteiger partial charge in [-0.1, -0.05) is 17.7 Å². The van der Waals surface area contributed by atoms with Gasteiger partial charge in [0.05, 0.1) is 3.79 Å². The number of hydrogen-bond donors (Lipinski definition) is 1. The number of halogens is 3. The smallest absolute Gasteiger partial charge is 0.129 e. The SMILES string of the molecule is CNC(Cc1ccc(Br)s1)c1c(F)cccc1Cl. The number of hydrogen-bond acceptors (Lipinski definition) is 2. The van der Waals surface area contributed by atoms with E-state index >= 15 is 0 Å². The third-order valence-electron chi connectivity index (χ3n) is 2.73. The Bertz CT molecular complexity index is 523. The van der Waals surface area contributed by atoms with Crippen molar-refractivity contribution in [2.24, 2.45) is 0 Å². The molecule has 1 atom stereocenters. The van der Waals surface area contributed by atoms with Crippen LogP contribution < -0.4 is 5.32 Å². The molecule has 5 heteroatoms. The van der Waals surface area contributed by atoms with Gasteiger partial charge in [-0.3, -0.25) is 0 Å². The fourth-order valence-electron chi connectivity index (χ4n) is 1.85. The number of benzene rings is 1. The van der Waals surface area contributed by atoms with Gasteiger partial charge in [0.15, 0.2) is 0 Å². The molecule has 96 valence electrons. The van der Waals surface area contributed by atoms with Crippen molar-refractivity contribution in [1.29, 1.82) is 0 Å². The molecule has 18 heavy (non-hydrogen) atoms. The quantitative estimate of drug-likeness (QED) is 0.836. The Balaban J connectivity index is 2.28. The highest BCUT2D eigenvalue weighted by molar-refractivity contribution is 9.11. The van der Waals surface area contributed by atoms with E-state index < -0.39 is 0 Å². The van der Waals surface area contributed by atoms with Gasteiger partial charge in [-0.15, -0.1) is 11.3 Å². The van der Waals surface area contributed by atoms with Gasteiger partial charge in [0.1, 0.15) is 5.82 Å². The summed E-state index contributed by atoms with van der Waals surface area (Å²) in [5.41, 5.74) is 0.534.